The number of likely N-dealkylation sites (tertiary alicyclic amines) is 1. The first-order valence-electron chi connectivity index (χ1n) is 6.13. The lowest BCUT2D eigenvalue weighted by Crippen LogP contribution is -2.32. The Bertz CT molecular complexity index is 422. The Morgan fingerprint density at radius 2 is 1.94 bits per heavy atom. The Morgan fingerprint density at radius 1 is 1.29 bits per heavy atom. The maximum Gasteiger partial charge on any atom is 0.256 e. The van der Waals surface area contributed by atoms with E-state index < -0.39 is 6.10 Å². The zero-order chi connectivity index (χ0) is 12.4. The lowest BCUT2D eigenvalue weighted by atomic mass is 10.0. The molecular formula is C14H19NO2. The summed E-state index contributed by atoms with van der Waals surface area (Å²) in [4.78, 5) is 13.8. The van der Waals surface area contributed by atoms with Gasteiger partial charge in [-0.05, 0) is 37.8 Å². The van der Waals surface area contributed by atoms with Gasteiger partial charge in [0.2, 0.25) is 0 Å². The molecule has 0 aliphatic carbocycles. The third-order valence-corrected chi connectivity index (χ3v) is 3.37. The molecule has 17 heavy (non-hydrogen) atoms. The number of rotatable bonds is 2. The van der Waals surface area contributed by atoms with Crippen LogP contribution in [0.1, 0.15) is 35.6 Å². The molecule has 1 aliphatic heterocycles. The summed E-state index contributed by atoms with van der Waals surface area (Å²) in [5.74, 6) is -0.158. The highest BCUT2D eigenvalue weighted by molar-refractivity contribution is 5.82. The fourth-order valence-electron chi connectivity index (χ4n) is 2.38. The van der Waals surface area contributed by atoms with Gasteiger partial charge in [-0.2, -0.15) is 0 Å². The number of aliphatic hydroxyl groups excluding tert-OH is 1. The molecule has 1 aliphatic rings. The lowest BCUT2D eigenvalue weighted by Gasteiger charge is -2.20. The Labute approximate surface area is 102 Å². The van der Waals surface area contributed by atoms with Crippen LogP contribution in [0.25, 0.3) is 0 Å². The Hall–Kier alpha value is -1.35. The van der Waals surface area contributed by atoms with Crippen molar-refractivity contribution >= 4 is 5.91 Å². The summed E-state index contributed by atoms with van der Waals surface area (Å²) in [6.45, 7) is 5.50. The second kappa shape index (κ2) is 4.88. The zero-order valence-electron chi connectivity index (χ0n) is 10.4. The number of amides is 1. The number of aryl methyl sites for hydroxylation is 2. The van der Waals surface area contributed by atoms with E-state index in [1.54, 1.807) is 4.90 Å². The van der Waals surface area contributed by atoms with Crippen molar-refractivity contribution in [2.24, 2.45) is 0 Å². The van der Waals surface area contributed by atoms with E-state index in [0.717, 1.165) is 42.6 Å². The predicted molar refractivity (Wildman–Crippen MR) is 66.7 cm³/mol. The molecule has 0 radical (unpaired) electrons. The molecule has 92 valence electrons. The van der Waals surface area contributed by atoms with Gasteiger partial charge in [-0.15, -0.1) is 0 Å². The molecule has 0 saturated carbocycles. The molecule has 1 heterocycles. The molecular weight excluding hydrogens is 214 g/mol. The Balaban J connectivity index is 2.18. The van der Waals surface area contributed by atoms with Crippen molar-refractivity contribution in [1.82, 2.24) is 4.90 Å². The SMILES string of the molecule is Cc1ccc(C(O)C(=O)N2CCCC2)c(C)c1. The molecule has 2 rings (SSSR count). The minimum Gasteiger partial charge on any atom is -0.378 e. The van der Waals surface area contributed by atoms with Crippen LogP contribution in [-0.2, 0) is 4.79 Å². The molecule has 3 heteroatoms. The number of hydrogen-bond donors (Lipinski definition) is 1. The number of aliphatic hydroxyl groups is 1. The number of carbonyl (C=O) groups excluding carboxylic acids is 1. The number of carbonyl (C=O) groups is 1. The van der Waals surface area contributed by atoms with Gasteiger partial charge in [0, 0.05) is 13.1 Å². The first kappa shape index (κ1) is 12.1. The van der Waals surface area contributed by atoms with Crippen LogP contribution in [0.3, 0.4) is 0 Å². The van der Waals surface area contributed by atoms with Gasteiger partial charge in [0.25, 0.3) is 5.91 Å². The first-order chi connectivity index (χ1) is 8.09. The summed E-state index contributed by atoms with van der Waals surface area (Å²) in [5, 5.41) is 10.1. The van der Waals surface area contributed by atoms with Crippen LogP contribution in [0.5, 0.6) is 0 Å². The summed E-state index contributed by atoms with van der Waals surface area (Å²) < 4.78 is 0. The van der Waals surface area contributed by atoms with Crippen LogP contribution in [0.15, 0.2) is 18.2 Å². The average Bonchev–Trinajstić information content (AvgIpc) is 2.80. The fraction of sp³-hybridized carbons (Fsp3) is 0.500. The molecule has 0 spiro atoms. The van der Waals surface area contributed by atoms with Gasteiger partial charge < -0.3 is 10.0 Å². The van der Waals surface area contributed by atoms with Crippen LogP contribution in [-0.4, -0.2) is 29.0 Å². The van der Waals surface area contributed by atoms with E-state index in [4.69, 9.17) is 0 Å². The lowest BCUT2D eigenvalue weighted by molar-refractivity contribution is -0.139. The normalized spacial score (nSPS) is 17.2. The average molecular weight is 233 g/mol. The van der Waals surface area contributed by atoms with Gasteiger partial charge in [0.1, 0.15) is 0 Å². The van der Waals surface area contributed by atoms with Crippen molar-refractivity contribution in [3.05, 3.63) is 34.9 Å². The molecule has 3 nitrogen and oxygen atoms in total. The zero-order valence-corrected chi connectivity index (χ0v) is 10.4. The molecule has 1 N–H and O–H groups in total. The second-order valence-electron chi connectivity index (χ2n) is 4.79. The van der Waals surface area contributed by atoms with E-state index in [-0.39, 0.29) is 5.91 Å². The second-order valence-corrected chi connectivity index (χ2v) is 4.79. The van der Waals surface area contributed by atoms with Gasteiger partial charge in [0.05, 0.1) is 0 Å². The topological polar surface area (TPSA) is 40.5 Å². The highest BCUT2D eigenvalue weighted by Crippen LogP contribution is 2.22. The van der Waals surface area contributed by atoms with Crippen LogP contribution in [0, 0.1) is 13.8 Å². The maximum atomic E-state index is 12.1. The molecule has 1 amide bonds. The smallest absolute Gasteiger partial charge is 0.256 e. The van der Waals surface area contributed by atoms with Crippen molar-refractivity contribution in [3.63, 3.8) is 0 Å². The molecule has 1 aromatic carbocycles. The summed E-state index contributed by atoms with van der Waals surface area (Å²) in [7, 11) is 0. The maximum absolute atomic E-state index is 12.1. The van der Waals surface area contributed by atoms with Gasteiger partial charge in [-0.1, -0.05) is 23.8 Å². The van der Waals surface area contributed by atoms with Crippen molar-refractivity contribution in [3.8, 4) is 0 Å². The molecule has 1 unspecified atom stereocenters. The number of nitrogens with zero attached hydrogens (tertiary/aromatic N) is 1. The van der Waals surface area contributed by atoms with Crippen molar-refractivity contribution < 1.29 is 9.90 Å². The van der Waals surface area contributed by atoms with E-state index in [9.17, 15) is 9.90 Å². The third-order valence-electron chi connectivity index (χ3n) is 3.37. The van der Waals surface area contributed by atoms with Crippen LogP contribution in [0.2, 0.25) is 0 Å². The van der Waals surface area contributed by atoms with E-state index in [2.05, 4.69) is 0 Å². The standard InChI is InChI=1S/C14H19NO2/c1-10-5-6-12(11(2)9-10)13(16)14(17)15-7-3-4-8-15/h5-6,9,13,16H,3-4,7-8H2,1-2H3. The minimum atomic E-state index is -1.01. The predicted octanol–water partition coefficient (Wildman–Crippen LogP) is 1.96. The summed E-state index contributed by atoms with van der Waals surface area (Å²) >= 11 is 0. The van der Waals surface area contributed by atoms with Gasteiger partial charge >= 0.3 is 0 Å². The Kier molecular flexibility index (Phi) is 3.48. The monoisotopic (exact) mass is 233 g/mol. The fourth-order valence-corrected chi connectivity index (χ4v) is 2.38. The quantitative estimate of drug-likeness (QED) is 0.848. The minimum absolute atomic E-state index is 0.158. The molecule has 0 aromatic heterocycles. The highest BCUT2D eigenvalue weighted by Gasteiger charge is 2.26. The van der Waals surface area contributed by atoms with E-state index >= 15 is 0 Å². The first-order valence-corrected chi connectivity index (χ1v) is 6.13. The van der Waals surface area contributed by atoms with E-state index in [1.165, 1.54) is 0 Å². The molecule has 1 fully saturated rings. The largest absolute Gasteiger partial charge is 0.378 e. The van der Waals surface area contributed by atoms with Crippen molar-refractivity contribution in [1.29, 1.82) is 0 Å². The third kappa shape index (κ3) is 2.50. The summed E-state index contributed by atoms with van der Waals surface area (Å²) in [6.07, 6.45) is 1.09. The highest BCUT2D eigenvalue weighted by atomic mass is 16.3. The summed E-state index contributed by atoms with van der Waals surface area (Å²) in [5.41, 5.74) is 2.85. The molecule has 1 atom stereocenters. The van der Waals surface area contributed by atoms with Crippen LogP contribution < -0.4 is 0 Å². The van der Waals surface area contributed by atoms with E-state index in [0.29, 0.717) is 0 Å². The Morgan fingerprint density at radius 3 is 2.53 bits per heavy atom. The van der Waals surface area contributed by atoms with Gasteiger partial charge in [-0.3, -0.25) is 4.79 Å². The van der Waals surface area contributed by atoms with Crippen LogP contribution in [0.4, 0.5) is 0 Å². The van der Waals surface area contributed by atoms with Gasteiger partial charge in [-0.25, -0.2) is 0 Å². The molecule has 0 bridgehead atoms. The molecule has 1 aromatic rings. The van der Waals surface area contributed by atoms with Gasteiger partial charge in [0.15, 0.2) is 6.10 Å². The summed E-state index contributed by atoms with van der Waals surface area (Å²) in [6, 6.07) is 5.78. The van der Waals surface area contributed by atoms with Crippen LogP contribution >= 0.6 is 0 Å². The number of benzene rings is 1. The van der Waals surface area contributed by atoms with Crippen molar-refractivity contribution in [2.75, 3.05) is 13.1 Å². The molecule has 1 saturated heterocycles. The van der Waals surface area contributed by atoms with Crippen molar-refractivity contribution in [2.45, 2.75) is 32.8 Å². The number of hydrogen-bond acceptors (Lipinski definition) is 2. The van der Waals surface area contributed by atoms with E-state index in [1.807, 2.05) is 32.0 Å².